The number of hydrogen-bond donors (Lipinski definition) is 1. The highest BCUT2D eigenvalue weighted by Crippen LogP contribution is 2.38. The van der Waals surface area contributed by atoms with E-state index in [0.717, 1.165) is 0 Å². The maximum Gasteiger partial charge on any atom is 0.387 e. The Kier molecular flexibility index (Phi) is 6.32. The highest BCUT2D eigenvalue weighted by Gasteiger charge is 2.28. The van der Waals surface area contributed by atoms with Crippen molar-refractivity contribution in [2.24, 2.45) is 0 Å². The summed E-state index contributed by atoms with van der Waals surface area (Å²) in [5, 5.41) is 8.09. The van der Waals surface area contributed by atoms with Gasteiger partial charge < -0.3 is 23.3 Å². The van der Waals surface area contributed by atoms with Gasteiger partial charge in [-0.1, -0.05) is 11.2 Å². The van der Waals surface area contributed by atoms with E-state index in [9.17, 15) is 13.3 Å². The molecule has 0 amide bonds. The van der Waals surface area contributed by atoms with E-state index in [-0.39, 0.29) is 27.4 Å². The van der Waals surface area contributed by atoms with Crippen molar-refractivity contribution in [3.8, 4) is 17.2 Å². The molecule has 0 aliphatic carbocycles. The van der Waals surface area contributed by atoms with Crippen LogP contribution in [0.3, 0.4) is 0 Å². The number of aromatic nitrogens is 3. The number of rotatable bonds is 9. The molecule has 1 atom stereocenters. The molecule has 2 aromatic carbocycles. The van der Waals surface area contributed by atoms with Crippen molar-refractivity contribution < 1.29 is 32.1 Å². The van der Waals surface area contributed by atoms with Crippen LogP contribution in [-0.4, -0.2) is 40.3 Å². The largest absolute Gasteiger partial charge is 0.588 e. The molecule has 4 rings (SSSR count). The third-order valence-corrected chi connectivity index (χ3v) is 5.63. The molecule has 0 bridgehead atoms. The number of fused-ring (bicyclic) bond motifs is 1. The Morgan fingerprint density at radius 3 is 2.53 bits per heavy atom. The molecule has 32 heavy (non-hydrogen) atoms. The van der Waals surface area contributed by atoms with Crippen LogP contribution in [-0.2, 0) is 17.9 Å². The average molecular weight is 464 g/mol. The second-order valence-corrected chi connectivity index (χ2v) is 7.59. The monoisotopic (exact) mass is 464 g/mol. The van der Waals surface area contributed by atoms with Crippen LogP contribution >= 0.6 is 0 Å². The van der Waals surface area contributed by atoms with Crippen LogP contribution in [0.15, 0.2) is 58.2 Å². The number of benzene rings is 2. The molecule has 0 saturated heterocycles. The van der Waals surface area contributed by atoms with Crippen LogP contribution in [0.2, 0.25) is 0 Å². The molecule has 2 aromatic heterocycles. The fourth-order valence-corrected chi connectivity index (χ4v) is 4.24. The van der Waals surface area contributed by atoms with Crippen LogP contribution < -0.4 is 18.9 Å². The predicted molar refractivity (Wildman–Crippen MR) is 112 cm³/mol. The maximum absolute atomic E-state index is 13.1. The van der Waals surface area contributed by atoms with Gasteiger partial charge in [-0.3, -0.25) is 4.68 Å². The van der Waals surface area contributed by atoms with E-state index >= 15 is 0 Å². The Labute approximate surface area is 184 Å². The molecule has 1 N–H and O–H groups in total. The fourth-order valence-electron chi connectivity index (χ4n) is 3.16. The molecule has 0 fully saturated rings. The van der Waals surface area contributed by atoms with Crippen LogP contribution in [0.1, 0.15) is 5.56 Å². The van der Waals surface area contributed by atoms with Gasteiger partial charge in [-0.25, -0.2) is 0 Å². The second-order valence-electron chi connectivity index (χ2n) is 6.44. The minimum atomic E-state index is -3.08. The molecule has 0 radical (unpaired) electrons. The standard InChI is InChI=1S/C20H18F2N4O5S/c1-28-13-5-3-6-14(29-2)18(13)32(27)25-19-17-15(30-20(21)22)9-12(10-16(17)31-24-19)11-26-8-4-7-23-26/h3-10,20H,11H2,1-2H3,(H,24,25). The van der Waals surface area contributed by atoms with Crippen molar-refractivity contribution in [1.82, 2.24) is 14.9 Å². The van der Waals surface area contributed by atoms with Gasteiger partial charge in [-0.05, 0) is 35.9 Å². The highest BCUT2D eigenvalue weighted by molar-refractivity contribution is 7.93. The number of halogens is 2. The predicted octanol–water partition coefficient (Wildman–Crippen LogP) is 3.83. The first-order valence-electron chi connectivity index (χ1n) is 9.24. The minimum absolute atomic E-state index is 0.0346. The van der Waals surface area contributed by atoms with Gasteiger partial charge in [0, 0.05) is 12.4 Å². The quantitative estimate of drug-likeness (QED) is 0.373. The van der Waals surface area contributed by atoms with E-state index in [4.69, 9.17) is 18.7 Å². The first-order chi connectivity index (χ1) is 15.5. The molecule has 0 spiro atoms. The Bertz CT molecular complexity index is 1180. The number of nitrogens with zero attached hydrogens (tertiary/aromatic N) is 3. The smallest absolute Gasteiger partial charge is 0.387 e. The molecule has 0 saturated carbocycles. The lowest BCUT2D eigenvalue weighted by Crippen LogP contribution is -2.16. The zero-order valence-corrected chi connectivity index (χ0v) is 17.8. The van der Waals surface area contributed by atoms with Gasteiger partial charge in [-0.15, -0.1) is 0 Å². The zero-order chi connectivity index (χ0) is 22.7. The Hall–Kier alpha value is -3.51. The number of alkyl halides is 2. The summed E-state index contributed by atoms with van der Waals surface area (Å²) in [5.41, 5.74) is 0.781. The lowest BCUT2D eigenvalue weighted by Gasteiger charge is -2.15. The Morgan fingerprint density at radius 2 is 1.91 bits per heavy atom. The van der Waals surface area contributed by atoms with Gasteiger partial charge in [-0.2, -0.15) is 18.6 Å². The summed E-state index contributed by atoms with van der Waals surface area (Å²) in [6, 6.07) is 9.72. The van der Waals surface area contributed by atoms with Crippen LogP contribution in [0.5, 0.6) is 17.2 Å². The molecular weight excluding hydrogens is 446 g/mol. The van der Waals surface area contributed by atoms with E-state index in [1.165, 1.54) is 20.3 Å². The van der Waals surface area contributed by atoms with Crippen molar-refractivity contribution in [2.75, 3.05) is 18.9 Å². The lowest BCUT2D eigenvalue weighted by molar-refractivity contribution is -0.0488. The maximum atomic E-state index is 13.1. The Balaban J connectivity index is 1.72. The fraction of sp³-hybridized carbons (Fsp3) is 0.200. The minimum Gasteiger partial charge on any atom is -0.588 e. The van der Waals surface area contributed by atoms with Gasteiger partial charge in [0.1, 0.15) is 22.5 Å². The van der Waals surface area contributed by atoms with Crippen molar-refractivity contribution in [1.29, 1.82) is 0 Å². The molecule has 9 nitrogen and oxygen atoms in total. The Morgan fingerprint density at radius 1 is 1.16 bits per heavy atom. The number of anilines is 1. The summed E-state index contributed by atoms with van der Waals surface area (Å²) in [6.07, 6.45) is 3.34. The normalized spacial score (nSPS) is 12.2. The van der Waals surface area contributed by atoms with Gasteiger partial charge in [0.2, 0.25) is 5.82 Å². The van der Waals surface area contributed by atoms with Crippen molar-refractivity contribution in [2.45, 2.75) is 18.1 Å². The SMILES string of the molecule is COc1cccc(OC)c1[S+]([O-])Nc1noc2cc(Cn3cccn3)cc(OC(F)F)c12. The van der Waals surface area contributed by atoms with Gasteiger partial charge in [0.15, 0.2) is 17.1 Å². The topological polar surface area (TPSA) is 107 Å². The van der Waals surface area contributed by atoms with Gasteiger partial charge in [0.25, 0.3) is 4.90 Å². The van der Waals surface area contributed by atoms with E-state index in [2.05, 4.69) is 15.0 Å². The van der Waals surface area contributed by atoms with E-state index in [1.807, 2.05) is 0 Å². The van der Waals surface area contributed by atoms with E-state index in [0.29, 0.717) is 23.6 Å². The van der Waals surface area contributed by atoms with E-state index < -0.39 is 18.0 Å². The molecule has 0 aliphatic heterocycles. The molecule has 0 aliphatic rings. The second kappa shape index (κ2) is 9.32. The third-order valence-electron chi connectivity index (χ3n) is 4.48. The number of nitrogens with one attached hydrogen (secondary N) is 1. The third kappa shape index (κ3) is 4.41. The summed E-state index contributed by atoms with van der Waals surface area (Å²) in [5.74, 6) is 0.419. The summed E-state index contributed by atoms with van der Waals surface area (Å²) in [7, 11) is 2.85. The van der Waals surface area contributed by atoms with Crippen LogP contribution in [0.25, 0.3) is 11.0 Å². The molecule has 2 heterocycles. The van der Waals surface area contributed by atoms with Crippen molar-refractivity contribution in [3.63, 3.8) is 0 Å². The summed E-state index contributed by atoms with van der Waals surface area (Å²) < 4.78 is 64.2. The molecule has 12 heteroatoms. The lowest BCUT2D eigenvalue weighted by atomic mass is 10.1. The molecular formula is C20H18F2N4O5S. The number of hydrogen-bond acceptors (Lipinski definition) is 8. The first kappa shape index (κ1) is 21.7. The van der Waals surface area contributed by atoms with Crippen LogP contribution in [0.4, 0.5) is 14.6 Å². The summed E-state index contributed by atoms with van der Waals surface area (Å²) in [4.78, 5) is 0.222. The summed E-state index contributed by atoms with van der Waals surface area (Å²) >= 11 is -1.92. The molecule has 4 aromatic rings. The highest BCUT2D eigenvalue weighted by atomic mass is 32.2. The number of ether oxygens (including phenoxy) is 3. The molecule has 1 unspecified atom stereocenters. The zero-order valence-electron chi connectivity index (χ0n) is 17.0. The van der Waals surface area contributed by atoms with Crippen molar-refractivity contribution in [3.05, 3.63) is 54.4 Å². The van der Waals surface area contributed by atoms with Gasteiger partial charge in [0.05, 0.1) is 20.8 Å². The number of methoxy groups -OCH3 is 2. The van der Waals surface area contributed by atoms with Gasteiger partial charge >= 0.3 is 6.61 Å². The molecule has 168 valence electrons. The van der Waals surface area contributed by atoms with Crippen molar-refractivity contribution >= 4 is 28.1 Å². The van der Waals surface area contributed by atoms with E-state index in [1.54, 1.807) is 47.4 Å². The van der Waals surface area contributed by atoms with Crippen LogP contribution in [0, 0.1) is 0 Å². The summed E-state index contributed by atoms with van der Waals surface area (Å²) in [6.45, 7) is -2.78. The average Bonchev–Trinajstić information content (AvgIpc) is 3.42. The first-order valence-corrected chi connectivity index (χ1v) is 10.4.